The van der Waals surface area contributed by atoms with Gasteiger partial charge < -0.3 is 23.7 Å². The van der Waals surface area contributed by atoms with Crippen LogP contribution in [0.1, 0.15) is 5.69 Å². The molecule has 3 aromatic rings. The monoisotopic (exact) mass is 439 g/mol. The first-order chi connectivity index (χ1) is 15.6. The number of rotatable bonds is 7. The number of hydrogen-bond donors (Lipinski definition) is 0. The van der Waals surface area contributed by atoms with Gasteiger partial charge in [-0.15, -0.1) is 0 Å². The maximum absolute atomic E-state index is 12.8. The van der Waals surface area contributed by atoms with Crippen LogP contribution in [0.5, 0.6) is 5.88 Å². The maximum atomic E-state index is 12.8. The van der Waals surface area contributed by atoms with E-state index in [-0.39, 0.29) is 19.1 Å². The first-order valence-electron chi connectivity index (χ1n) is 10.3. The van der Waals surface area contributed by atoms with Gasteiger partial charge in [0.05, 0.1) is 18.0 Å². The number of aryl methyl sites for hydroxylation is 1. The van der Waals surface area contributed by atoms with Crippen LogP contribution in [-0.4, -0.2) is 71.4 Å². The number of aromatic nitrogens is 3. The molecule has 10 nitrogen and oxygen atoms in total. The lowest BCUT2D eigenvalue weighted by Gasteiger charge is -2.33. The molecule has 4 rings (SSSR count). The number of hydrogen-bond acceptors (Lipinski definition) is 7. The van der Waals surface area contributed by atoms with Gasteiger partial charge in [-0.05, 0) is 18.2 Å². The van der Waals surface area contributed by atoms with Crippen molar-refractivity contribution < 1.29 is 23.8 Å². The van der Waals surface area contributed by atoms with Gasteiger partial charge >= 0.3 is 6.09 Å². The van der Waals surface area contributed by atoms with Crippen LogP contribution in [-0.2, 0) is 27.9 Å². The van der Waals surface area contributed by atoms with E-state index in [0.29, 0.717) is 37.8 Å². The SMILES string of the molecule is COCCOC(=O)N1CCN(c2cn(C)c3nc(OCc4ccccn4)ccc23)C(=O)C1. The van der Waals surface area contributed by atoms with E-state index in [2.05, 4.69) is 9.97 Å². The molecule has 0 spiro atoms. The van der Waals surface area contributed by atoms with Gasteiger partial charge in [0.15, 0.2) is 0 Å². The number of nitrogens with zero attached hydrogens (tertiary/aromatic N) is 5. The molecule has 0 aliphatic carbocycles. The highest BCUT2D eigenvalue weighted by Crippen LogP contribution is 2.30. The third-order valence-electron chi connectivity index (χ3n) is 5.15. The second-order valence-electron chi connectivity index (χ2n) is 7.33. The molecular formula is C22H25N5O5. The number of anilines is 1. The second kappa shape index (κ2) is 9.65. The molecule has 0 unspecified atom stereocenters. The lowest BCUT2D eigenvalue weighted by atomic mass is 10.2. The van der Waals surface area contributed by atoms with Gasteiger partial charge in [0.2, 0.25) is 11.8 Å². The largest absolute Gasteiger partial charge is 0.471 e. The van der Waals surface area contributed by atoms with E-state index in [4.69, 9.17) is 14.2 Å². The zero-order valence-electron chi connectivity index (χ0n) is 18.1. The zero-order chi connectivity index (χ0) is 22.5. The first-order valence-corrected chi connectivity index (χ1v) is 10.3. The van der Waals surface area contributed by atoms with Gasteiger partial charge in [0.1, 0.15) is 25.4 Å². The Morgan fingerprint density at radius 2 is 2.03 bits per heavy atom. The minimum absolute atomic E-state index is 0.0408. The fourth-order valence-corrected chi connectivity index (χ4v) is 3.53. The average molecular weight is 439 g/mol. The maximum Gasteiger partial charge on any atom is 0.410 e. The summed E-state index contributed by atoms with van der Waals surface area (Å²) in [5, 5.41) is 0.835. The van der Waals surface area contributed by atoms with Crippen LogP contribution in [0.4, 0.5) is 10.5 Å². The molecular weight excluding hydrogens is 414 g/mol. The normalized spacial score (nSPS) is 14.1. The number of carbonyl (C=O) groups excluding carboxylic acids is 2. The smallest absolute Gasteiger partial charge is 0.410 e. The quantitative estimate of drug-likeness (QED) is 0.519. The van der Waals surface area contributed by atoms with E-state index in [1.54, 1.807) is 17.2 Å². The van der Waals surface area contributed by atoms with Crippen LogP contribution >= 0.6 is 0 Å². The van der Waals surface area contributed by atoms with Crippen molar-refractivity contribution >= 4 is 28.7 Å². The summed E-state index contributed by atoms with van der Waals surface area (Å²) in [6, 6.07) is 9.32. The van der Waals surface area contributed by atoms with Crippen molar-refractivity contribution in [3.05, 3.63) is 48.4 Å². The summed E-state index contributed by atoms with van der Waals surface area (Å²) in [5.74, 6) is 0.300. The molecule has 0 radical (unpaired) electrons. The standard InChI is InChI=1S/C22H25N5O5/c1-25-13-18(27-10-9-26(14-20(27)28)22(29)31-12-11-30-2)17-6-7-19(24-21(17)25)32-15-16-5-3-4-8-23-16/h3-8,13H,9-12,14-15H2,1-2H3. The first kappa shape index (κ1) is 21.6. The van der Waals surface area contributed by atoms with Crippen LogP contribution in [0.3, 0.4) is 0 Å². The van der Waals surface area contributed by atoms with Gasteiger partial charge in [-0.25, -0.2) is 4.79 Å². The number of fused-ring (bicyclic) bond motifs is 1. The number of carbonyl (C=O) groups is 2. The van der Waals surface area contributed by atoms with Crippen LogP contribution in [0.25, 0.3) is 11.0 Å². The fourth-order valence-electron chi connectivity index (χ4n) is 3.53. The predicted molar refractivity (Wildman–Crippen MR) is 116 cm³/mol. The third-order valence-corrected chi connectivity index (χ3v) is 5.15. The minimum Gasteiger partial charge on any atom is -0.471 e. The van der Waals surface area contributed by atoms with Crippen molar-refractivity contribution in [3.8, 4) is 5.88 Å². The molecule has 4 heterocycles. The summed E-state index contributed by atoms with van der Waals surface area (Å²) < 4.78 is 17.6. The Morgan fingerprint density at radius 3 is 2.78 bits per heavy atom. The van der Waals surface area contributed by atoms with Crippen molar-refractivity contribution in [2.75, 3.05) is 44.9 Å². The second-order valence-corrected chi connectivity index (χ2v) is 7.33. The molecule has 1 aliphatic rings. The van der Waals surface area contributed by atoms with Crippen molar-refractivity contribution in [1.29, 1.82) is 0 Å². The van der Waals surface area contributed by atoms with E-state index < -0.39 is 6.09 Å². The average Bonchev–Trinajstić information content (AvgIpc) is 3.14. The van der Waals surface area contributed by atoms with E-state index in [0.717, 1.165) is 16.8 Å². The molecule has 1 fully saturated rings. The Balaban J connectivity index is 1.45. The molecule has 2 amide bonds. The molecule has 0 saturated carbocycles. The molecule has 0 bridgehead atoms. The number of ether oxygens (including phenoxy) is 3. The van der Waals surface area contributed by atoms with E-state index in [1.165, 1.54) is 12.0 Å². The highest BCUT2D eigenvalue weighted by molar-refractivity contribution is 6.04. The van der Waals surface area contributed by atoms with Gasteiger partial charge in [-0.2, -0.15) is 4.98 Å². The van der Waals surface area contributed by atoms with Crippen molar-refractivity contribution in [2.45, 2.75) is 6.61 Å². The molecule has 0 atom stereocenters. The Bertz CT molecular complexity index is 1100. The lowest BCUT2D eigenvalue weighted by molar-refractivity contribution is -0.120. The summed E-state index contributed by atoms with van der Waals surface area (Å²) >= 11 is 0. The van der Waals surface area contributed by atoms with E-state index in [1.807, 2.05) is 42.1 Å². The Labute approximate surface area is 185 Å². The molecule has 32 heavy (non-hydrogen) atoms. The molecule has 0 aromatic carbocycles. The summed E-state index contributed by atoms with van der Waals surface area (Å²) in [7, 11) is 3.40. The van der Waals surface area contributed by atoms with E-state index >= 15 is 0 Å². The van der Waals surface area contributed by atoms with Crippen molar-refractivity contribution in [2.24, 2.45) is 7.05 Å². The number of pyridine rings is 2. The summed E-state index contributed by atoms with van der Waals surface area (Å²) in [6.45, 7) is 1.50. The van der Waals surface area contributed by atoms with Gasteiger partial charge in [-0.1, -0.05) is 6.07 Å². The Hall–Kier alpha value is -3.66. The summed E-state index contributed by atoms with van der Waals surface area (Å²) in [5.41, 5.74) is 2.27. The topological polar surface area (TPSA) is 99.0 Å². The highest BCUT2D eigenvalue weighted by atomic mass is 16.6. The summed E-state index contributed by atoms with van der Waals surface area (Å²) in [6.07, 6.45) is 3.07. The van der Waals surface area contributed by atoms with E-state index in [9.17, 15) is 9.59 Å². The third kappa shape index (κ3) is 4.65. The highest BCUT2D eigenvalue weighted by Gasteiger charge is 2.30. The minimum atomic E-state index is -0.510. The molecule has 10 heteroatoms. The Kier molecular flexibility index (Phi) is 6.50. The summed E-state index contributed by atoms with van der Waals surface area (Å²) in [4.78, 5) is 36.9. The fraction of sp³-hybridized carbons (Fsp3) is 0.364. The van der Waals surface area contributed by atoms with Crippen LogP contribution in [0, 0.1) is 0 Å². The molecule has 1 aliphatic heterocycles. The van der Waals surface area contributed by atoms with Gasteiger partial charge in [-0.3, -0.25) is 14.7 Å². The molecule has 3 aromatic heterocycles. The van der Waals surface area contributed by atoms with Crippen molar-refractivity contribution in [3.63, 3.8) is 0 Å². The molecule has 0 N–H and O–H groups in total. The Morgan fingerprint density at radius 1 is 1.16 bits per heavy atom. The number of piperazine rings is 1. The molecule has 168 valence electrons. The predicted octanol–water partition coefficient (Wildman–Crippen LogP) is 1.98. The lowest BCUT2D eigenvalue weighted by Crippen LogP contribution is -2.52. The van der Waals surface area contributed by atoms with Crippen molar-refractivity contribution in [1.82, 2.24) is 19.4 Å². The molecule has 1 saturated heterocycles. The van der Waals surface area contributed by atoms with Gasteiger partial charge in [0, 0.05) is 51.1 Å². The number of amides is 2. The zero-order valence-corrected chi connectivity index (χ0v) is 18.1. The number of methoxy groups -OCH3 is 1. The van der Waals surface area contributed by atoms with Crippen LogP contribution < -0.4 is 9.64 Å². The van der Waals surface area contributed by atoms with Gasteiger partial charge in [0.25, 0.3) is 0 Å². The van der Waals surface area contributed by atoms with Crippen LogP contribution in [0.2, 0.25) is 0 Å². The van der Waals surface area contributed by atoms with Crippen LogP contribution in [0.15, 0.2) is 42.7 Å².